The summed E-state index contributed by atoms with van der Waals surface area (Å²) in [5.74, 6) is 0.873. The molecular formula is C20H22N4O5S. The van der Waals surface area contributed by atoms with Crippen molar-refractivity contribution < 1.29 is 22.2 Å². The summed E-state index contributed by atoms with van der Waals surface area (Å²) >= 11 is 0. The topological polar surface area (TPSA) is 119 Å². The number of hydrogen-bond donors (Lipinski definition) is 1. The number of aromatic nitrogens is 2. The minimum absolute atomic E-state index is 0.182. The molecule has 0 aliphatic carbocycles. The van der Waals surface area contributed by atoms with Crippen LogP contribution in [0.5, 0.6) is 0 Å². The van der Waals surface area contributed by atoms with Gasteiger partial charge in [-0.2, -0.15) is 9.29 Å². The Kier molecular flexibility index (Phi) is 5.69. The lowest BCUT2D eigenvalue weighted by molar-refractivity contribution is 0.0904. The zero-order chi connectivity index (χ0) is 21.1. The molecule has 3 heterocycles. The second-order valence-corrected chi connectivity index (χ2v) is 9.05. The Hall–Kier alpha value is -2.98. The van der Waals surface area contributed by atoms with E-state index in [4.69, 9.17) is 8.94 Å². The molecular weight excluding hydrogens is 408 g/mol. The summed E-state index contributed by atoms with van der Waals surface area (Å²) < 4.78 is 37.4. The van der Waals surface area contributed by atoms with Crippen LogP contribution in [0.25, 0.3) is 11.4 Å². The summed E-state index contributed by atoms with van der Waals surface area (Å²) in [6.07, 6.45) is 2.81. The second-order valence-electron chi connectivity index (χ2n) is 7.11. The highest BCUT2D eigenvalue weighted by molar-refractivity contribution is 7.89. The van der Waals surface area contributed by atoms with Gasteiger partial charge in [0.2, 0.25) is 15.8 Å². The highest BCUT2D eigenvalue weighted by Gasteiger charge is 2.26. The van der Waals surface area contributed by atoms with Gasteiger partial charge < -0.3 is 14.3 Å². The van der Waals surface area contributed by atoms with Gasteiger partial charge >= 0.3 is 11.8 Å². The molecule has 0 atom stereocenters. The molecule has 10 heteroatoms. The van der Waals surface area contributed by atoms with Gasteiger partial charge in [-0.05, 0) is 56.2 Å². The summed E-state index contributed by atoms with van der Waals surface area (Å²) in [4.78, 5) is 16.5. The predicted octanol–water partition coefficient (Wildman–Crippen LogP) is 2.74. The maximum absolute atomic E-state index is 12.7. The van der Waals surface area contributed by atoms with E-state index in [1.54, 1.807) is 24.3 Å². The molecule has 1 aliphatic heterocycles. The normalized spacial score (nSPS) is 15.2. The Balaban J connectivity index is 1.43. The van der Waals surface area contributed by atoms with Crippen LogP contribution in [0.3, 0.4) is 0 Å². The van der Waals surface area contributed by atoms with Crippen molar-refractivity contribution in [2.45, 2.75) is 37.6 Å². The minimum atomic E-state index is -3.51. The zero-order valence-corrected chi connectivity index (χ0v) is 17.3. The van der Waals surface area contributed by atoms with E-state index < -0.39 is 15.9 Å². The van der Waals surface area contributed by atoms with E-state index in [0.29, 0.717) is 24.4 Å². The van der Waals surface area contributed by atoms with Crippen molar-refractivity contribution in [3.63, 3.8) is 0 Å². The Labute approximate surface area is 174 Å². The number of nitrogens with zero attached hydrogens (tertiary/aromatic N) is 3. The minimum Gasteiger partial charge on any atom is -0.465 e. The highest BCUT2D eigenvalue weighted by atomic mass is 32.2. The van der Waals surface area contributed by atoms with Crippen LogP contribution >= 0.6 is 0 Å². The fraction of sp³-hybridized carbons (Fsp3) is 0.350. The molecule has 0 saturated carbocycles. The molecule has 1 amide bonds. The fourth-order valence-electron chi connectivity index (χ4n) is 3.29. The third-order valence-corrected chi connectivity index (χ3v) is 6.82. The average Bonchev–Trinajstić information content (AvgIpc) is 3.42. The Morgan fingerprint density at radius 3 is 2.50 bits per heavy atom. The summed E-state index contributed by atoms with van der Waals surface area (Å²) in [5, 5.41) is 6.46. The molecule has 4 rings (SSSR count). The smallest absolute Gasteiger partial charge is 0.316 e. The van der Waals surface area contributed by atoms with Crippen molar-refractivity contribution in [3.8, 4) is 11.4 Å². The van der Waals surface area contributed by atoms with Crippen LogP contribution in [0.15, 0.2) is 50.2 Å². The zero-order valence-electron chi connectivity index (χ0n) is 16.5. The number of hydrogen-bond acceptors (Lipinski definition) is 7. The van der Waals surface area contributed by atoms with Crippen LogP contribution in [-0.4, -0.2) is 41.9 Å². The van der Waals surface area contributed by atoms with Gasteiger partial charge in [-0.15, -0.1) is 0 Å². The highest BCUT2D eigenvalue weighted by Crippen LogP contribution is 2.23. The molecule has 2 aromatic heterocycles. The average molecular weight is 430 g/mol. The van der Waals surface area contributed by atoms with Crippen LogP contribution in [0.1, 0.15) is 41.5 Å². The van der Waals surface area contributed by atoms with Crippen LogP contribution in [0, 0.1) is 6.92 Å². The van der Waals surface area contributed by atoms with Crippen molar-refractivity contribution in [2.75, 3.05) is 13.1 Å². The molecule has 0 bridgehead atoms. The molecule has 0 unspecified atom stereocenters. The molecule has 1 aliphatic rings. The number of piperidine rings is 1. The second kappa shape index (κ2) is 8.41. The predicted molar refractivity (Wildman–Crippen MR) is 107 cm³/mol. The van der Waals surface area contributed by atoms with Gasteiger partial charge in [-0.25, -0.2) is 8.42 Å². The van der Waals surface area contributed by atoms with Crippen molar-refractivity contribution >= 4 is 15.9 Å². The fourth-order valence-corrected chi connectivity index (χ4v) is 4.80. The van der Waals surface area contributed by atoms with E-state index in [0.717, 1.165) is 25.0 Å². The lowest BCUT2D eigenvalue weighted by Crippen LogP contribution is -2.35. The molecule has 1 N–H and O–H groups in total. The molecule has 158 valence electrons. The maximum atomic E-state index is 12.7. The number of nitrogens with one attached hydrogen (secondary N) is 1. The molecule has 30 heavy (non-hydrogen) atoms. The summed E-state index contributed by atoms with van der Waals surface area (Å²) in [6, 6.07) is 9.84. The van der Waals surface area contributed by atoms with Crippen molar-refractivity contribution in [2.24, 2.45) is 0 Å². The van der Waals surface area contributed by atoms with E-state index in [1.165, 1.54) is 16.4 Å². The first kappa shape index (κ1) is 20.3. The van der Waals surface area contributed by atoms with Gasteiger partial charge in [0.05, 0.1) is 11.4 Å². The maximum Gasteiger partial charge on any atom is 0.316 e. The van der Waals surface area contributed by atoms with Gasteiger partial charge in [0, 0.05) is 18.7 Å². The molecule has 1 saturated heterocycles. The third kappa shape index (κ3) is 4.29. The van der Waals surface area contributed by atoms with E-state index in [1.807, 2.05) is 6.92 Å². The van der Waals surface area contributed by atoms with E-state index in [2.05, 4.69) is 15.5 Å². The first-order chi connectivity index (χ1) is 14.4. The third-order valence-electron chi connectivity index (χ3n) is 4.90. The summed E-state index contributed by atoms with van der Waals surface area (Å²) in [7, 11) is -3.51. The standard InChI is InChI=1S/C20H22N4O5S/c1-14-5-8-16(28-14)13-21-19(25)20-22-18(23-29-20)15-6-9-17(10-7-15)30(26,27)24-11-3-2-4-12-24/h5-10H,2-4,11-13H2,1H3,(H,21,25). The summed E-state index contributed by atoms with van der Waals surface area (Å²) in [6.45, 7) is 3.11. The van der Waals surface area contributed by atoms with E-state index in [-0.39, 0.29) is 23.2 Å². The van der Waals surface area contributed by atoms with Gasteiger partial charge in [0.1, 0.15) is 11.5 Å². The first-order valence-corrected chi connectivity index (χ1v) is 11.2. The molecule has 9 nitrogen and oxygen atoms in total. The number of rotatable bonds is 6. The molecule has 1 aromatic carbocycles. The number of aryl methyl sites for hydroxylation is 1. The summed E-state index contributed by atoms with van der Waals surface area (Å²) in [5.41, 5.74) is 0.553. The number of amides is 1. The molecule has 1 fully saturated rings. The van der Waals surface area contributed by atoms with Gasteiger partial charge in [0.25, 0.3) is 0 Å². The molecule has 3 aromatic rings. The van der Waals surface area contributed by atoms with Gasteiger partial charge in [-0.3, -0.25) is 4.79 Å². The van der Waals surface area contributed by atoms with Crippen LogP contribution in [-0.2, 0) is 16.6 Å². The quantitative estimate of drug-likeness (QED) is 0.639. The number of carbonyl (C=O) groups excluding carboxylic acids is 1. The van der Waals surface area contributed by atoms with Crippen molar-refractivity contribution in [1.29, 1.82) is 0 Å². The van der Waals surface area contributed by atoms with Gasteiger partial charge in [-0.1, -0.05) is 11.6 Å². The van der Waals surface area contributed by atoms with Crippen molar-refractivity contribution in [3.05, 3.63) is 53.8 Å². The lowest BCUT2D eigenvalue weighted by atomic mass is 10.2. The number of carbonyl (C=O) groups is 1. The van der Waals surface area contributed by atoms with Crippen molar-refractivity contribution in [1.82, 2.24) is 19.8 Å². The van der Waals surface area contributed by atoms with E-state index >= 15 is 0 Å². The lowest BCUT2D eigenvalue weighted by Gasteiger charge is -2.25. The molecule has 0 radical (unpaired) electrons. The van der Waals surface area contributed by atoms with E-state index in [9.17, 15) is 13.2 Å². The number of benzene rings is 1. The molecule has 0 spiro atoms. The SMILES string of the molecule is Cc1ccc(CNC(=O)c2nc(-c3ccc(S(=O)(=O)N4CCCCC4)cc3)no2)o1. The number of furan rings is 1. The monoisotopic (exact) mass is 430 g/mol. The Morgan fingerprint density at radius 1 is 1.10 bits per heavy atom. The van der Waals surface area contributed by atoms with Crippen LogP contribution in [0.4, 0.5) is 0 Å². The number of sulfonamides is 1. The largest absolute Gasteiger partial charge is 0.465 e. The van der Waals surface area contributed by atoms with Gasteiger partial charge in [0.15, 0.2) is 0 Å². The Morgan fingerprint density at radius 2 is 1.83 bits per heavy atom. The van der Waals surface area contributed by atoms with Crippen LogP contribution in [0.2, 0.25) is 0 Å². The first-order valence-electron chi connectivity index (χ1n) is 9.71. The van der Waals surface area contributed by atoms with Crippen LogP contribution < -0.4 is 5.32 Å². The Bertz CT molecular complexity index is 1130.